The Morgan fingerprint density at radius 3 is 1.29 bits per heavy atom. The smallest absolute Gasteiger partial charge is 0.305 e. The molecule has 0 atom stereocenters. The third-order valence-corrected chi connectivity index (χ3v) is 11.3. The second-order valence-electron chi connectivity index (χ2n) is 17.3. The number of esters is 2. The molecular formula is C55H91NO6. The molecule has 1 aromatic rings. The van der Waals surface area contributed by atoms with E-state index in [1.54, 1.807) is 0 Å². The van der Waals surface area contributed by atoms with Crippen LogP contribution in [0.1, 0.15) is 212 Å². The Kier molecular flexibility index (Phi) is 36.8. The molecule has 0 spiro atoms. The number of allylic oxidation sites excluding steroid dienone is 8. The second-order valence-corrected chi connectivity index (χ2v) is 17.3. The van der Waals surface area contributed by atoms with Crippen LogP contribution in [0.4, 0.5) is 0 Å². The average molecular weight is 862 g/mol. The van der Waals surface area contributed by atoms with Crippen molar-refractivity contribution in [2.75, 3.05) is 39.5 Å². The fraction of sp³-hybridized carbons (Fsp3) is 0.709. The molecule has 62 heavy (non-hydrogen) atoms. The molecule has 2 rings (SSSR count). The van der Waals surface area contributed by atoms with Crippen LogP contribution in [0.3, 0.4) is 0 Å². The zero-order valence-electron chi connectivity index (χ0n) is 39.9. The molecule has 0 saturated carbocycles. The van der Waals surface area contributed by atoms with Crippen molar-refractivity contribution >= 4 is 11.9 Å². The first-order chi connectivity index (χ1) is 30.6. The van der Waals surface area contributed by atoms with E-state index in [-0.39, 0.29) is 11.9 Å². The summed E-state index contributed by atoms with van der Waals surface area (Å²) in [6.45, 7) is 9.66. The molecule has 1 fully saturated rings. The third kappa shape index (κ3) is 34.2. The van der Waals surface area contributed by atoms with E-state index in [0.29, 0.717) is 39.3 Å². The highest BCUT2D eigenvalue weighted by molar-refractivity contribution is 5.69. The van der Waals surface area contributed by atoms with E-state index in [4.69, 9.17) is 18.9 Å². The van der Waals surface area contributed by atoms with Gasteiger partial charge >= 0.3 is 11.9 Å². The Morgan fingerprint density at radius 1 is 0.468 bits per heavy atom. The van der Waals surface area contributed by atoms with Gasteiger partial charge in [-0.25, -0.2) is 0 Å². The van der Waals surface area contributed by atoms with E-state index in [1.807, 2.05) is 6.07 Å². The van der Waals surface area contributed by atoms with Crippen LogP contribution in [0.5, 0.6) is 11.5 Å². The van der Waals surface area contributed by atoms with Crippen LogP contribution < -0.4 is 9.47 Å². The van der Waals surface area contributed by atoms with Gasteiger partial charge in [0.05, 0.1) is 26.4 Å². The molecule has 1 saturated heterocycles. The van der Waals surface area contributed by atoms with Crippen molar-refractivity contribution in [2.45, 2.75) is 213 Å². The summed E-state index contributed by atoms with van der Waals surface area (Å²) in [6.07, 6.45) is 51.0. The van der Waals surface area contributed by atoms with Crippen molar-refractivity contribution in [2.24, 2.45) is 0 Å². The molecule has 0 aliphatic carbocycles. The third-order valence-electron chi connectivity index (χ3n) is 11.3. The number of carbonyl (C=O) groups excluding carboxylic acids is 2. The molecule has 0 bridgehead atoms. The largest absolute Gasteiger partial charge is 0.493 e. The highest BCUT2D eigenvalue weighted by Crippen LogP contribution is 2.26. The summed E-state index contributed by atoms with van der Waals surface area (Å²) in [6, 6.07) is 6.24. The minimum absolute atomic E-state index is 0.0847. The molecule has 0 radical (unpaired) electrons. The molecule has 1 aliphatic heterocycles. The maximum Gasteiger partial charge on any atom is 0.305 e. The zero-order chi connectivity index (χ0) is 44.2. The summed E-state index contributed by atoms with van der Waals surface area (Å²) in [5.74, 6) is 1.46. The fourth-order valence-corrected chi connectivity index (χ4v) is 7.55. The number of hydrogen-bond acceptors (Lipinski definition) is 7. The van der Waals surface area contributed by atoms with Gasteiger partial charge in [0.2, 0.25) is 0 Å². The summed E-state index contributed by atoms with van der Waals surface area (Å²) in [7, 11) is 0. The van der Waals surface area contributed by atoms with Gasteiger partial charge in [0.15, 0.2) is 0 Å². The number of carbonyl (C=O) groups is 2. The van der Waals surface area contributed by atoms with Gasteiger partial charge in [0.1, 0.15) is 11.5 Å². The first-order valence-electron chi connectivity index (χ1n) is 25.6. The van der Waals surface area contributed by atoms with Crippen LogP contribution >= 0.6 is 0 Å². The molecule has 352 valence electrons. The minimum atomic E-state index is -0.0847. The highest BCUT2D eigenvalue weighted by Gasteiger charge is 2.14. The first-order valence-corrected chi connectivity index (χ1v) is 25.6. The normalized spacial score (nSPS) is 13.4. The van der Waals surface area contributed by atoms with Gasteiger partial charge < -0.3 is 18.9 Å². The van der Waals surface area contributed by atoms with Gasteiger partial charge in [0.25, 0.3) is 0 Å². The quantitative estimate of drug-likeness (QED) is 0.0368. The summed E-state index contributed by atoms with van der Waals surface area (Å²) in [4.78, 5) is 27.0. The molecule has 0 N–H and O–H groups in total. The summed E-state index contributed by atoms with van der Waals surface area (Å²) >= 11 is 0. The van der Waals surface area contributed by atoms with Crippen LogP contribution in [-0.4, -0.2) is 56.4 Å². The highest BCUT2D eigenvalue weighted by atomic mass is 16.5. The van der Waals surface area contributed by atoms with E-state index < -0.39 is 0 Å². The number of ether oxygens (including phenoxy) is 4. The van der Waals surface area contributed by atoms with Gasteiger partial charge in [0, 0.05) is 25.5 Å². The molecule has 0 amide bonds. The lowest BCUT2D eigenvalue weighted by Crippen LogP contribution is -2.18. The average Bonchev–Trinajstić information content (AvgIpc) is 3.79. The van der Waals surface area contributed by atoms with Crippen molar-refractivity contribution in [1.82, 2.24) is 4.90 Å². The Bertz CT molecular complexity index is 1240. The van der Waals surface area contributed by atoms with Crippen LogP contribution in [0, 0.1) is 0 Å². The minimum Gasteiger partial charge on any atom is -0.493 e. The lowest BCUT2D eigenvalue weighted by molar-refractivity contribution is -0.144. The number of nitrogens with zero attached hydrogens (tertiary/aromatic N) is 1. The van der Waals surface area contributed by atoms with Crippen LogP contribution in [-0.2, 0) is 25.6 Å². The lowest BCUT2D eigenvalue weighted by atomic mass is 10.1. The van der Waals surface area contributed by atoms with E-state index in [0.717, 1.165) is 108 Å². The molecule has 1 aliphatic rings. The SMILES string of the molecule is CCCCC/C=C\C/C=C\CCCCCCCC(=O)OCCCCOc1cc(CN2CCCC2)cc(OCCCCOC(=O)CCCCCCC/C=C\C/C=C\CCCCC)c1. The van der Waals surface area contributed by atoms with Crippen molar-refractivity contribution in [3.05, 3.63) is 72.4 Å². The van der Waals surface area contributed by atoms with Crippen molar-refractivity contribution in [3.63, 3.8) is 0 Å². The van der Waals surface area contributed by atoms with E-state index in [1.165, 1.54) is 108 Å². The van der Waals surface area contributed by atoms with Crippen molar-refractivity contribution in [1.29, 1.82) is 0 Å². The summed E-state index contributed by atoms with van der Waals surface area (Å²) < 4.78 is 23.4. The predicted octanol–water partition coefficient (Wildman–Crippen LogP) is 15.3. The van der Waals surface area contributed by atoms with E-state index >= 15 is 0 Å². The zero-order valence-corrected chi connectivity index (χ0v) is 39.9. The number of rotatable bonds is 42. The van der Waals surface area contributed by atoms with Crippen molar-refractivity contribution < 1.29 is 28.5 Å². The van der Waals surface area contributed by atoms with Gasteiger partial charge in [-0.3, -0.25) is 14.5 Å². The monoisotopic (exact) mass is 862 g/mol. The number of likely N-dealkylation sites (tertiary alicyclic amines) is 1. The fourth-order valence-electron chi connectivity index (χ4n) is 7.55. The van der Waals surface area contributed by atoms with Gasteiger partial charge in [-0.2, -0.15) is 0 Å². The number of benzene rings is 1. The Morgan fingerprint density at radius 2 is 0.855 bits per heavy atom. The Labute approximate surface area is 380 Å². The second kappa shape index (κ2) is 41.7. The number of unbranched alkanes of at least 4 members (excludes halogenated alkanes) is 18. The van der Waals surface area contributed by atoms with E-state index in [2.05, 4.69) is 79.5 Å². The lowest BCUT2D eigenvalue weighted by Gasteiger charge is -2.17. The Balaban J connectivity index is 1.50. The molecule has 7 nitrogen and oxygen atoms in total. The van der Waals surface area contributed by atoms with Crippen LogP contribution in [0.2, 0.25) is 0 Å². The van der Waals surface area contributed by atoms with E-state index in [9.17, 15) is 9.59 Å². The van der Waals surface area contributed by atoms with Crippen molar-refractivity contribution in [3.8, 4) is 11.5 Å². The van der Waals surface area contributed by atoms with Gasteiger partial charge in [-0.05, 0) is 146 Å². The number of hydrogen-bond donors (Lipinski definition) is 0. The molecule has 1 aromatic carbocycles. The molecule has 0 aromatic heterocycles. The molecule has 0 unspecified atom stereocenters. The van der Waals surface area contributed by atoms with Gasteiger partial charge in [-0.15, -0.1) is 0 Å². The van der Waals surface area contributed by atoms with Crippen LogP contribution in [0.25, 0.3) is 0 Å². The maximum atomic E-state index is 12.2. The maximum absolute atomic E-state index is 12.2. The topological polar surface area (TPSA) is 74.3 Å². The molecule has 1 heterocycles. The summed E-state index contributed by atoms with van der Waals surface area (Å²) in [5, 5.41) is 0. The standard InChI is InChI=1S/C55H91NO6/c1-3-5-7-9-11-13-15-17-19-21-23-25-27-29-31-39-54(57)61-45-37-35-43-59-52-47-51(50-56-41-33-34-42-56)48-53(49-52)60-44-36-38-46-62-55(58)40-32-30-28-26-24-22-20-18-16-14-12-10-8-6-4-2/h11-14,17-20,47-49H,3-10,15-16,21-46,50H2,1-2H3/b13-11-,14-12-,19-17-,20-18-. The molecule has 7 heteroatoms. The van der Waals surface area contributed by atoms with Gasteiger partial charge in [-0.1, -0.05) is 127 Å². The predicted molar refractivity (Wildman–Crippen MR) is 261 cm³/mol. The Hall–Kier alpha value is -3.32. The van der Waals surface area contributed by atoms with Crippen LogP contribution in [0.15, 0.2) is 66.8 Å². The first kappa shape index (κ1) is 54.8. The summed E-state index contributed by atoms with van der Waals surface area (Å²) in [5.41, 5.74) is 1.20. The molecular weight excluding hydrogens is 771 g/mol.